The molecule has 0 heterocycles. The molecule has 1 aliphatic rings. The van der Waals surface area contributed by atoms with Crippen molar-refractivity contribution < 1.29 is 9.53 Å². The van der Waals surface area contributed by atoms with Crippen molar-refractivity contribution in [1.29, 1.82) is 0 Å². The predicted molar refractivity (Wildman–Crippen MR) is 80.3 cm³/mol. The van der Waals surface area contributed by atoms with Crippen LogP contribution < -0.4 is 0 Å². The van der Waals surface area contributed by atoms with Crippen LogP contribution in [0.15, 0.2) is 24.3 Å². The van der Waals surface area contributed by atoms with Crippen molar-refractivity contribution in [3.8, 4) is 0 Å². The fraction of sp³-hybridized carbons (Fsp3) is 0.562. The number of esters is 1. The van der Waals surface area contributed by atoms with Crippen molar-refractivity contribution in [3.63, 3.8) is 0 Å². The summed E-state index contributed by atoms with van der Waals surface area (Å²) in [4.78, 5) is 11.9. The molecule has 1 fully saturated rings. The average molecular weight is 325 g/mol. The molecule has 1 aromatic rings. The minimum absolute atomic E-state index is 0.0920. The standard InChI is InChI=1S/C16H21BrO2/c1-12-3-2-4-15(9-12)19-16(18)10-13-5-7-14(11-17)8-6-13/h5-8,12,15H,2-4,9-11H2,1H3/t12?,15-/m0/s1. The number of hydrogen-bond acceptors (Lipinski definition) is 2. The zero-order valence-corrected chi connectivity index (χ0v) is 13.0. The van der Waals surface area contributed by atoms with Gasteiger partial charge in [-0.1, -0.05) is 53.5 Å². The molecule has 2 rings (SSSR count). The molecule has 3 heteroatoms. The molecule has 1 saturated carbocycles. The Bertz CT molecular complexity index is 413. The summed E-state index contributed by atoms with van der Waals surface area (Å²) >= 11 is 3.41. The van der Waals surface area contributed by atoms with Gasteiger partial charge in [0, 0.05) is 5.33 Å². The SMILES string of the molecule is CC1CCC[C@H](OC(=O)Cc2ccc(CBr)cc2)C1. The predicted octanol–water partition coefficient (Wildman–Crippen LogP) is 4.25. The van der Waals surface area contributed by atoms with Crippen LogP contribution in [0.3, 0.4) is 0 Å². The van der Waals surface area contributed by atoms with Gasteiger partial charge in [0.05, 0.1) is 6.42 Å². The Kier molecular flexibility index (Phi) is 5.44. The maximum absolute atomic E-state index is 11.9. The number of hydrogen-bond donors (Lipinski definition) is 0. The highest BCUT2D eigenvalue weighted by atomic mass is 79.9. The molecule has 0 aliphatic heterocycles. The van der Waals surface area contributed by atoms with Crippen molar-refractivity contribution in [2.45, 2.75) is 50.5 Å². The summed E-state index contributed by atoms with van der Waals surface area (Å²) in [5.74, 6) is 0.593. The number of halogens is 1. The lowest BCUT2D eigenvalue weighted by atomic mass is 9.89. The van der Waals surface area contributed by atoms with Crippen LogP contribution in [0.25, 0.3) is 0 Å². The highest BCUT2D eigenvalue weighted by Crippen LogP contribution is 2.26. The van der Waals surface area contributed by atoms with Crippen LogP contribution in [0.5, 0.6) is 0 Å². The number of alkyl halides is 1. The van der Waals surface area contributed by atoms with Gasteiger partial charge in [0.15, 0.2) is 0 Å². The number of carbonyl (C=O) groups excluding carboxylic acids is 1. The molecule has 0 spiro atoms. The van der Waals surface area contributed by atoms with Gasteiger partial charge in [0.2, 0.25) is 0 Å². The molecule has 0 amide bonds. The summed E-state index contributed by atoms with van der Waals surface area (Å²) in [6.45, 7) is 2.24. The lowest BCUT2D eigenvalue weighted by molar-refractivity contribution is -0.150. The number of benzene rings is 1. The normalized spacial score (nSPS) is 23.1. The van der Waals surface area contributed by atoms with Gasteiger partial charge in [-0.3, -0.25) is 4.79 Å². The van der Waals surface area contributed by atoms with E-state index in [0.29, 0.717) is 12.3 Å². The van der Waals surface area contributed by atoms with Crippen molar-refractivity contribution in [3.05, 3.63) is 35.4 Å². The third-order valence-electron chi connectivity index (χ3n) is 3.71. The highest BCUT2D eigenvalue weighted by Gasteiger charge is 2.22. The van der Waals surface area contributed by atoms with E-state index in [0.717, 1.165) is 23.7 Å². The third-order valence-corrected chi connectivity index (χ3v) is 4.36. The molecule has 1 unspecified atom stereocenters. The molecule has 0 N–H and O–H groups in total. The van der Waals surface area contributed by atoms with Gasteiger partial charge in [-0.15, -0.1) is 0 Å². The van der Waals surface area contributed by atoms with Gasteiger partial charge in [-0.05, 0) is 36.3 Å². The molecule has 1 aromatic carbocycles. The van der Waals surface area contributed by atoms with Crippen LogP contribution >= 0.6 is 15.9 Å². The molecule has 0 saturated heterocycles. The molecule has 0 radical (unpaired) electrons. The maximum Gasteiger partial charge on any atom is 0.310 e. The zero-order valence-electron chi connectivity index (χ0n) is 11.4. The van der Waals surface area contributed by atoms with Gasteiger partial charge in [0.25, 0.3) is 0 Å². The minimum atomic E-state index is -0.0920. The van der Waals surface area contributed by atoms with Crippen LogP contribution in [-0.2, 0) is 21.3 Å². The number of rotatable bonds is 4. The van der Waals surface area contributed by atoms with E-state index in [4.69, 9.17) is 4.74 Å². The van der Waals surface area contributed by atoms with E-state index in [1.165, 1.54) is 18.4 Å². The van der Waals surface area contributed by atoms with E-state index in [9.17, 15) is 4.79 Å². The fourth-order valence-corrected chi connectivity index (χ4v) is 3.00. The largest absolute Gasteiger partial charge is 0.462 e. The second kappa shape index (κ2) is 7.09. The van der Waals surface area contributed by atoms with Crippen LogP contribution in [0, 0.1) is 5.92 Å². The molecule has 0 aromatic heterocycles. The van der Waals surface area contributed by atoms with Crippen LogP contribution in [0.4, 0.5) is 0 Å². The molecule has 1 aliphatic carbocycles. The molecule has 2 nitrogen and oxygen atoms in total. The first-order valence-electron chi connectivity index (χ1n) is 7.00. The first kappa shape index (κ1) is 14.6. The summed E-state index contributed by atoms with van der Waals surface area (Å²) in [5, 5.41) is 0.845. The summed E-state index contributed by atoms with van der Waals surface area (Å²) in [7, 11) is 0. The number of ether oxygens (including phenoxy) is 1. The van der Waals surface area contributed by atoms with Gasteiger partial charge in [-0.2, -0.15) is 0 Å². The quantitative estimate of drug-likeness (QED) is 0.611. The second-order valence-corrected chi connectivity index (χ2v) is 6.07. The second-order valence-electron chi connectivity index (χ2n) is 5.51. The van der Waals surface area contributed by atoms with E-state index >= 15 is 0 Å². The molecular formula is C16H21BrO2. The Morgan fingerprint density at radius 1 is 1.26 bits per heavy atom. The average Bonchev–Trinajstić information content (AvgIpc) is 2.39. The Morgan fingerprint density at radius 2 is 1.95 bits per heavy atom. The first-order chi connectivity index (χ1) is 9.17. The van der Waals surface area contributed by atoms with Gasteiger partial charge < -0.3 is 4.74 Å². The Labute approximate surface area is 123 Å². The fourth-order valence-electron chi connectivity index (χ4n) is 2.63. The Morgan fingerprint density at radius 3 is 2.58 bits per heavy atom. The van der Waals surface area contributed by atoms with Crippen molar-refractivity contribution in [2.24, 2.45) is 5.92 Å². The minimum Gasteiger partial charge on any atom is -0.462 e. The van der Waals surface area contributed by atoms with E-state index in [2.05, 4.69) is 22.9 Å². The van der Waals surface area contributed by atoms with Crippen molar-refractivity contribution >= 4 is 21.9 Å². The van der Waals surface area contributed by atoms with Crippen LogP contribution in [0.1, 0.15) is 43.7 Å². The van der Waals surface area contributed by atoms with E-state index in [1.54, 1.807) is 0 Å². The molecule has 0 bridgehead atoms. The zero-order chi connectivity index (χ0) is 13.7. The van der Waals surface area contributed by atoms with Gasteiger partial charge >= 0.3 is 5.97 Å². The smallest absolute Gasteiger partial charge is 0.310 e. The molecule has 104 valence electrons. The van der Waals surface area contributed by atoms with Crippen LogP contribution in [0.2, 0.25) is 0 Å². The van der Waals surface area contributed by atoms with E-state index < -0.39 is 0 Å². The van der Waals surface area contributed by atoms with Crippen LogP contribution in [-0.4, -0.2) is 12.1 Å². The lowest BCUT2D eigenvalue weighted by Crippen LogP contribution is -2.25. The molecular weight excluding hydrogens is 304 g/mol. The van der Waals surface area contributed by atoms with E-state index in [1.807, 2.05) is 24.3 Å². The molecule has 2 atom stereocenters. The van der Waals surface area contributed by atoms with Crippen molar-refractivity contribution in [1.82, 2.24) is 0 Å². The lowest BCUT2D eigenvalue weighted by Gasteiger charge is -2.26. The summed E-state index contributed by atoms with van der Waals surface area (Å²) in [6.07, 6.45) is 5.01. The summed E-state index contributed by atoms with van der Waals surface area (Å²) in [6, 6.07) is 8.09. The van der Waals surface area contributed by atoms with Crippen molar-refractivity contribution in [2.75, 3.05) is 0 Å². The maximum atomic E-state index is 11.9. The Balaban J connectivity index is 1.83. The third kappa shape index (κ3) is 4.64. The topological polar surface area (TPSA) is 26.3 Å². The number of carbonyl (C=O) groups is 1. The highest BCUT2D eigenvalue weighted by molar-refractivity contribution is 9.08. The van der Waals surface area contributed by atoms with Gasteiger partial charge in [0.1, 0.15) is 6.10 Å². The summed E-state index contributed by atoms with van der Waals surface area (Å²) < 4.78 is 5.57. The Hall–Kier alpha value is -0.830. The van der Waals surface area contributed by atoms with Gasteiger partial charge in [-0.25, -0.2) is 0 Å². The summed E-state index contributed by atoms with van der Waals surface area (Å²) in [5.41, 5.74) is 2.25. The first-order valence-corrected chi connectivity index (χ1v) is 8.13. The van der Waals surface area contributed by atoms with E-state index in [-0.39, 0.29) is 12.1 Å². The molecule has 19 heavy (non-hydrogen) atoms. The monoisotopic (exact) mass is 324 g/mol.